The van der Waals surface area contributed by atoms with Gasteiger partial charge < -0.3 is 15.4 Å². The number of hydrogen-bond acceptors (Lipinski definition) is 3. The lowest BCUT2D eigenvalue weighted by Crippen LogP contribution is -2.30. The molecule has 0 radical (unpaired) electrons. The van der Waals surface area contributed by atoms with Crippen LogP contribution in [0.4, 0.5) is 11.4 Å². The predicted octanol–water partition coefficient (Wildman–Crippen LogP) is 1.83. The van der Waals surface area contributed by atoms with E-state index in [0.29, 0.717) is 13.0 Å². The molecular weight excluding hydrogens is 228 g/mol. The van der Waals surface area contributed by atoms with Gasteiger partial charge in [0, 0.05) is 43.6 Å². The lowest BCUT2D eigenvalue weighted by molar-refractivity contribution is -0.119. The Morgan fingerprint density at radius 3 is 3.06 bits per heavy atom. The van der Waals surface area contributed by atoms with E-state index in [9.17, 15) is 4.79 Å². The molecule has 0 fully saturated rings. The number of nitrogens with zero attached hydrogens (tertiary/aromatic N) is 1. The van der Waals surface area contributed by atoms with Gasteiger partial charge in [-0.3, -0.25) is 4.79 Å². The zero-order valence-corrected chi connectivity index (χ0v) is 11.0. The number of amides is 1. The largest absolute Gasteiger partial charge is 0.398 e. The van der Waals surface area contributed by atoms with Crippen LogP contribution in [0.1, 0.15) is 18.9 Å². The highest BCUT2D eigenvalue weighted by Crippen LogP contribution is 2.32. The first-order valence-corrected chi connectivity index (χ1v) is 6.30. The Labute approximate surface area is 108 Å². The van der Waals surface area contributed by atoms with E-state index in [1.165, 1.54) is 0 Å². The van der Waals surface area contributed by atoms with Gasteiger partial charge in [0.2, 0.25) is 5.91 Å². The standard InChI is InChI=1S/C14H20N2O2/c1-10(9-18-2)8-14(17)16-7-6-11-12(15)4-3-5-13(11)16/h3-5,10H,6-9,15H2,1-2H3. The molecule has 0 bridgehead atoms. The number of nitrogens with two attached hydrogens (primary N) is 1. The first kappa shape index (κ1) is 12.9. The lowest BCUT2D eigenvalue weighted by atomic mass is 10.1. The number of methoxy groups -OCH3 is 1. The van der Waals surface area contributed by atoms with Crippen LogP contribution >= 0.6 is 0 Å². The third-order valence-electron chi connectivity index (χ3n) is 3.34. The summed E-state index contributed by atoms with van der Waals surface area (Å²) in [5.74, 6) is 0.400. The lowest BCUT2D eigenvalue weighted by Gasteiger charge is -2.19. The summed E-state index contributed by atoms with van der Waals surface area (Å²) >= 11 is 0. The first-order valence-electron chi connectivity index (χ1n) is 6.30. The van der Waals surface area contributed by atoms with Gasteiger partial charge in [-0.15, -0.1) is 0 Å². The minimum absolute atomic E-state index is 0.156. The van der Waals surface area contributed by atoms with E-state index in [0.717, 1.165) is 29.9 Å². The monoisotopic (exact) mass is 248 g/mol. The number of hydrogen-bond donors (Lipinski definition) is 1. The molecule has 0 saturated heterocycles. The third-order valence-corrected chi connectivity index (χ3v) is 3.34. The molecule has 1 unspecified atom stereocenters. The Morgan fingerprint density at radius 2 is 2.33 bits per heavy atom. The highest BCUT2D eigenvalue weighted by atomic mass is 16.5. The van der Waals surface area contributed by atoms with Gasteiger partial charge in [-0.2, -0.15) is 0 Å². The molecule has 0 aromatic heterocycles. The minimum Gasteiger partial charge on any atom is -0.398 e. The van der Waals surface area contributed by atoms with Crippen molar-refractivity contribution in [1.82, 2.24) is 0 Å². The highest BCUT2D eigenvalue weighted by Gasteiger charge is 2.26. The fourth-order valence-electron chi connectivity index (χ4n) is 2.47. The Kier molecular flexibility index (Phi) is 3.87. The Morgan fingerprint density at radius 1 is 1.56 bits per heavy atom. The SMILES string of the molecule is COCC(C)CC(=O)N1CCc2c(N)cccc21. The van der Waals surface area contributed by atoms with Gasteiger partial charge in [-0.1, -0.05) is 13.0 Å². The zero-order chi connectivity index (χ0) is 13.1. The molecule has 4 nitrogen and oxygen atoms in total. The van der Waals surface area contributed by atoms with E-state index in [1.807, 2.05) is 30.0 Å². The van der Waals surface area contributed by atoms with Gasteiger partial charge in [0.15, 0.2) is 0 Å². The van der Waals surface area contributed by atoms with Crippen molar-refractivity contribution in [3.63, 3.8) is 0 Å². The number of benzene rings is 1. The minimum atomic E-state index is 0.156. The molecule has 2 rings (SSSR count). The molecule has 1 amide bonds. The molecule has 18 heavy (non-hydrogen) atoms. The molecule has 0 spiro atoms. The van der Waals surface area contributed by atoms with Crippen molar-refractivity contribution in [2.45, 2.75) is 19.8 Å². The van der Waals surface area contributed by atoms with E-state index >= 15 is 0 Å². The highest BCUT2D eigenvalue weighted by molar-refractivity contribution is 5.96. The maximum absolute atomic E-state index is 12.2. The fraction of sp³-hybridized carbons (Fsp3) is 0.500. The maximum atomic E-state index is 12.2. The van der Waals surface area contributed by atoms with Crippen molar-refractivity contribution < 1.29 is 9.53 Å². The van der Waals surface area contributed by atoms with Crippen molar-refractivity contribution >= 4 is 17.3 Å². The van der Waals surface area contributed by atoms with Crippen LogP contribution in [0.25, 0.3) is 0 Å². The molecule has 1 atom stereocenters. The van der Waals surface area contributed by atoms with E-state index in [-0.39, 0.29) is 11.8 Å². The number of anilines is 2. The number of nitrogen functional groups attached to an aromatic ring is 1. The summed E-state index contributed by atoms with van der Waals surface area (Å²) in [6, 6.07) is 5.76. The number of fused-ring (bicyclic) bond motifs is 1. The van der Waals surface area contributed by atoms with Crippen LogP contribution in [0.5, 0.6) is 0 Å². The second-order valence-corrected chi connectivity index (χ2v) is 4.90. The summed E-state index contributed by atoms with van der Waals surface area (Å²) in [6.07, 6.45) is 1.37. The normalized spacial score (nSPS) is 15.6. The van der Waals surface area contributed by atoms with Crippen molar-refractivity contribution in [2.75, 3.05) is 30.9 Å². The average Bonchev–Trinajstić information content (AvgIpc) is 2.74. The van der Waals surface area contributed by atoms with Gasteiger partial charge >= 0.3 is 0 Å². The third kappa shape index (κ3) is 2.48. The van der Waals surface area contributed by atoms with Gasteiger partial charge in [-0.25, -0.2) is 0 Å². The summed E-state index contributed by atoms with van der Waals surface area (Å²) < 4.78 is 5.06. The van der Waals surface area contributed by atoms with E-state index in [2.05, 4.69) is 0 Å². The zero-order valence-electron chi connectivity index (χ0n) is 11.0. The van der Waals surface area contributed by atoms with Crippen LogP contribution in [0, 0.1) is 5.92 Å². The van der Waals surface area contributed by atoms with E-state index < -0.39 is 0 Å². The van der Waals surface area contributed by atoms with Gasteiger partial charge in [-0.05, 0) is 24.5 Å². The quantitative estimate of drug-likeness (QED) is 0.827. The maximum Gasteiger partial charge on any atom is 0.227 e. The van der Waals surface area contributed by atoms with Crippen LogP contribution in [0.3, 0.4) is 0 Å². The number of carbonyl (C=O) groups excluding carboxylic acids is 1. The molecular formula is C14H20N2O2. The summed E-state index contributed by atoms with van der Waals surface area (Å²) in [4.78, 5) is 14.1. The Balaban J connectivity index is 2.09. The van der Waals surface area contributed by atoms with Gasteiger partial charge in [0.05, 0.1) is 0 Å². The molecule has 0 saturated carbocycles. The molecule has 1 heterocycles. The molecule has 1 aliphatic heterocycles. The van der Waals surface area contributed by atoms with Crippen molar-refractivity contribution in [2.24, 2.45) is 5.92 Å². The molecule has 1 aromatic carbocycles. The molecule has 98 valence electrons. The van der Waals surface area contributed by atoms with Crippen LogP contribution in [-0.2, 0) is 16.0 Å². The summed E-state index contributed by atoms with van der Waals surface area (Å²) in [5.41, 5.74) is 8.79. The van der Waals surface area contributed by atoms with Gasteiger partial charge in [0.1, 0.15) is 0 Å². The van der Waals surface area contributed by atoms with Crippen molar-refractivity contribution in [1.29, 1.82) is 0 Å². The summed E-state index contributed by atoms with van der Waals surface area (Å²) in [6.45, 7) is 3.38. The smallest absolute Gasteiger partial charge is 0.227 e. The fourth-order valence-corrected chi connectivity index (χ4v) is 2.47. The van der Waals surface area contributed by atoms with E-state index in [1.54, 1.807) is 7.11 Å². The van der Waals surface area contributed by atoms with Gasteiger partial charge in [0.25, 0.3) is 0 Å². The number of ether oxygens (including phenoxy) is 1. The van der Waals surface area contributed by atoms with Crippen LogP contribution in [-0.4, -0.2) is 26.2 Å². The Hall–Kier alpha value is -1.55. The molecule has 1 aliphatic rings. The predicted molar refractivity (Wildman–Crippen MR) is 72.6 cm³/mol. The summed E-state index contributed by atoms with van der Waals surface area (Å²) in [7, 11) is 1.66. The van der Waals surface area contributed by atoms with Crippen molar-refractivity contribution in [3.8, 4) is 0 Å². The molecule has 0 aliphatic carbocycles. The van der Waals surface area contributed by atoms with Crippen LogP contribution in [0.15, 0.2) is 18.2 Å². The van der Waals surface area contributed by atoms with Crippen molar-refractivity contribution in [3.05, 3.63) is 23.8 Å². The second kappa shape index (κ2) is 5.40. The van der Waals surface area contributed by atoms with E-state index in [4.69, 9.17) is 10.5 Å². The molecule has 4 heteroatoms. The molecule has 2 N–H and O–H groups in total. The summed E-state index contributed by atoms with van der Waals surface area (Å²) in [5, 5.41) is 0. The first-order chi connectivity index (χ1) is 8.63. The second-order valence-electron chi connectivity index (χ2n) is 4.90. The Bertz CT molecular complexity index is 445. The number of carbonyl (C=O) groups is 1. The van der Waals surface area contributed by atoms with Crippen LogP contribution in [0.2, 0.25) is 0 Å². The topological polar surface area (TPSA) is 55.6 Å². The average molecular weight is 248 g/mol. The number of rotatable bonds is 4. The van der Waals surface area contributed by atoms with Crippen LogP contribution < -0.4 is 10.6 Å². The molecule has 1 aromatic rings.